The van der Waals surface area contributed by atoms with Crippen molar-refractivity contribution in [3.05, 3.63) is 59.7 Å². The molecule has 0 heterocycles. The number of ether oxygens (including phenoxy) is 1. The molecule has 28 heavy (non-hydrogen) atoms. The predicted molar refractivity (Wildman–Crippen MR) is 107 cm³/mol. The lowest BCUT2D eigenvalue weighted by Crippen LogP contribution is -2.52. The molecule has 7 heteroatoms. The Labute approximate surface area is 168 Å². The first-order chi connectivity index (χ1) is 13.4. The van der Waals surface area contributed by atoms with E-state index in [1.54, 1.807) is 0 Å². The number of halogens is 1. The largest absolute Gasteiger partial charge is 0.479 e. The molecule has 6 nitrogen and oxygen atoms in total. The maximum Gasteiger partial charge on any atom is 0.340 e. The standard InChI is InChI=1S/C21H23ClN2O4/c22-21(24,20(26)27)18(10-5-11-23)19(25)28-12-17-15-8-3-1-6-13(15)14-7-2-4-9-16(14)17/h1-4,6-9,17-18H,5,10-12,23-24H2,(H,26,27)/t18?,21-/m0/s1. The summed E-state index contributed by atoms with van der Waals surface area (Å²) in [5.41, 5.74) is 15.5. The number of benzene rings is 2. The monoisotopic (exact) mass is 402 g/mol. The van der Waals surface area contributed by atoms with Gasteiger partial charge in [0.05, 0.1) is 5.92 Å². The van der Waals surface area contributed by atoms with Crippen molar-refractivity contribution in [3.8, 4) is 11.1 Å². The van der Waals surface area contributed by atoms with Crippen LogP contribution in [0.1, 0.15) is 29.9 Å². The van der Waals surface area contributed by atoms with Crippen LogP contribution in [0.25, 0.3) is 11.1 Å². The number of nitrogens with two attached hydrogens (primary N) is 2. The van der Waals surface area contributed by atoms with E-state index in [2.05, 4.69) is 0 Å². The highest BCUT2D eigenvalue weighted by molar-refractivity contribution is 6.34. The number of carbonyl (C=O) groups is 2. The second kappa shape index (κ2) is 8.31. The van der Waals surface area contributed by atoms with Crippen molar-refractivity contribution in [2.24, 2.45) is 17.4 Å². The van der Waals surface area contributed by atoms with Gasteiger partial charge in [-0.1, -0.05) is 60.1 Å². The van der Waals surface area contributed by atoms with Gasteiger partial charge in [0.15, 0.2) is 0 Å². The summed E-state index contributed by atoms with van der Waals surface area (Å²) in [5.74, 6) is -3.51. The molecule has 0 amide bonds. The van der Waals surface area contributed by atoms with Crippen molar-refractivity contribution >= 4 is 23.5 Å². The first-order valence-electron chi connectivity index (χ1n) is 9.14. The Morgan fingerprint density at radius 3 is 2.14 bits per heavy atom. The van der Waals surface area contributed by atoms with Crippen LogP contribution in [0.15, 0.2) is 48.5 Å². The van der Waals surface area contributed by atoms with E-state index >= 15 is 0 Å². The topological polar surface area (TPSA) is 116 Å². The van der Waals surface area contributed by atoms with E-state index in [-0.39, 0.29) is 18.9 Å². The normalized spacial score (nSPS) is 16.0. The van der Waals surface area contributed by atoms with E-state index in [4.69, 9.17) is 27.8 Å². The van der Waals surface area contributed by atoms with Crippen LogP contribution in [0.5, 0.6) is 0 Å². The maximum absolute atomic E-state index is 12.7. The highest BCUT2D eigenvalue weighted by atomic mass is 35.5. The highest BCUT2D eigenvalue weighted by Gasteiger charge is 2.46. The summed E-state index contributed by atoms with van der Waals surface area (Å²) >= 11 is 5.96. The van der Waals surface area contributed by atoms with Gasteiger partial charge >= 0.3 is 11.9 Å². The van der Waals surface area contributed by atoms with Gasteiger partial charge in [0.2, 0.25) is 5.00 Å². The number of carboxylic acids is 1. The van der Waals surface area contributed by atoms with Crippen LogP contribution in [-0.4, -0.2) is 35.2 Å². The number of esters is 1. The Balaban J connectivity index is 1.80. The van der Waals surface area contributed by atoms with Gasteiger partial charge in [0.25, 0.3) is 0 Å². The van der Waals surface area contributed by atoms with Gasteiger partial charge in [-0.3, -0.25) is 4.79 Å². The zero-order chi connectivity index (χ0) is 20.3. The third-order valence-electron chi connectivity index (χ3n) is 5.17. The lowest BCUT2D eigenvalue weighted by molar-refractivity contribution is -0.156. The fraction of sp³-hybridized carbons (Fsp3) is 0.333. The van der Waals surface area contributed by atoms with Crippen LogP contribution in [0.2, 0.25) is 0 Å². The Morgan fingerprint density at radius 2 is 1.64 bits per heavy atom. The van der Waals surface area contributed by atoms with Crippen molar-refractivity contribution in [2.45, 2.75) is 23.8 Å². The van der Waals surface area contributed by atoms with Crippen molar-refractivity contribution in [1.82, 2.24) is 0 Å². The Bertz CT molecular complexity index is 839. The lowest BCUT2D eigenvalue weighted by Gasteiger charge is -2.27. The summed E-state index contributed by atoms with van der Waals surface area (Å²) in [7, 11) is 0. The molecule has 0 bridgehead atoms. The van der Waals surface area contributed by atoms with Crippen molar-refractivity contribution in [3.63, 3.8) is 0 Å². The van der Waals surface area contributed by atoms with Crippen molar-refractivity contribution in [1.29, 1.82) is 0 Å². The summed E-state index contributed by atoms with van der Waals surface area (Å²) in [6.45, 7) is 0.373. The molecule has 2 aromatic rings. The zero-order valence-corrected chi connectivity index (χ0v) is 16.1. The average molecular weight is 403 g/mol. The van der Waals surface area contributed by atoms with E-state index < -0.39 is 22.9 Å². The minimum atomic E-state index is -2.24. The van der Waals surface area contributed by atoms with Crippen LogP contribution in [0.4, 0.5) is 0 Å². The molecule has 0 saturated heterocycles. The molecule has 2 aromatic carbocycles. The molecule has 148 valence electrons. The quantitative estimate of drug-likeness (QED) is 0.355. The molecule has 1 aliphatic carbocycles. The molecule has 5 N–H and O–H groups in total. The molecule has 0 saturated carbocycles. The summed E-state index contributed by atoms with van der Waals surface area (Å²) in [4.78, 5) is 21.9. The number of fused-ring (bicyclic) bond motifs is 3. The first-order valence-corrected chi connectivity index (χ1v) is 9.51. The molecule has 0 radical (unpaired) electrons. The Hall–Kier alpha value is -2.41. The van der Waals surface area contributed by atoms with Gasteiger partial charge in [0, 0.05) is 5.92 Å². The highest BCUT2D eigenvalue weighted by Crippen LogP contribution is 2.44. The SMILES string of the molecule is NCCCC(C(=O)OCC1c2ccccc2-c2ccccc21)[C@@](N)(Cl)C(=O)O. The lowest BCUT2D eigenvalue weighted by atomic mass is 9.94. The molecule has 0 aliphatic heterocycles. The summed E-state index contributed by atoms with van der Waals surface area (Å²) < 4.78 is 5.53. The second-order valence-electron chi connectivity index (χ2n) is 6.91. The Kier molecular flexibility index (Phi) is 6.03. The van der Waals surface area contributed by atoms with E-state index in [0.717, 1.165) is 22.3 Å². The molecule has 0 spiro atoms. The smallest absolute Gasteiger partial charge is 0.340 e. The fourth-order valence-corrected chi connectivity index (χ4v) is 3.87. The molecular weight excluding hydrogens is 380 g/mol. The molecule has 2 atom stereocenters. The molecular formula is C21H23ClN2O4. The number of alkyl halides is 1. The van der Waals surface area contributed by atoms with Crippen LogP contribution < -0.4 is 11.5 Å². The van der Waals surface area contributed by atoms with Crippen LogP contribution >= 0.6 is 11.6 Å². The van der Waals surface area contributed by atoms with E-state index in [1.165, 1.54) is 0 Å². The van der Waals surface area contributed by atoms with Gasteiger partial charge in [-0.2, -0.15) is 0 Å². The summed E-state index contributed by atoms with van der Waals surface area (Å²) in [5, 5.41) is 9.30. The van der Waals surface area contributed by atoms with Crippen molar-refractivity contribution in [2.75, 3.05) is 13.2 Å². The minimum absolute atomic E-state index is 0.0819. The van der Waals surface area contributed by atoms with Gasteiger partial charge in [0.1, 0.15) is 6.61 Å². The number of carboxylic acid groups (broad SMARTS) is 1. The zero-order valence-electron chi connectivity index (χ0n) is 15.3. The maximum atomic E-state index is 12.7. The molecule has 3 rings (SSSR count). The van der Waals surface area contributed by atoms with Gasteiger partial charge in [-0.25, -0.2) is 4.79 Å². The van der Waals surface area contributed by atoms with Crippen molar-refractivity contribution < 1.29 is 19.4 Å². The van der Waals surface area contributed by atoms with Crippen LogP contribution in [0.3, 0.4) is 0 Å². The average Bonchev–Trinajstić information content (AvgIpc) is 3.00. The van der Waals surface area contributed by atoms with E-state index in [1.807, 2.05) is 48.5 Å². The first kappa shape index (κ1) is 20.3. The summed E-state index contributed by atoms with van der Waals surface area (Å²) in [6.07, 6.45) is 0.549. The summed E-state index contributed by atoms with van der Waals surface area (Å²) in [6, 6.07) is 15.9. The van der Waals surface area contributed by atoms with Crippen LogP contribution in [-0.2, 0) is 14.3 Å². The number of hydrogen-bond donors (Lipinski definition) is 3. The second-order valence-corrected chi connectivity index (χ2v) is 7.54. The van der Waals surface area contributed by atoms with Gasteiger partial charge in [-0.05, 0) is 41.6 Å². The van der Waals surface area contributed by atoms with Gasteiger partial charge < -0.3 is 21.3 Å². The number of hydrogen-bond acceptors (Lipinski definition) is 5. The third-order valence-corrected chi connectivity index (χ3v) is 5.60. The molecule has 0 fully saturated rings. The third kappa shape index (κ3) is 3.76. The number of carbonyl (C=O) groups excluding carboxylic acids is 1. The number of rotatable bonds is 8. The minimum Gasteiger partial charge on any atom is -0.479 e. The predicted octanol–water partition coefficient (Wildman–Crippen LogP) is 2.68. The van der Waals surface area contributed by atoms with Crippen LogP contribution in [0, 0.1) is 5.92 Å². The fourth-order valence-electron chi connectivity index (χ4n) is 3.68. The van der Waals surface area contributed by atoms with Gasteiger partial charge in [-0.15, -0.1) is 0 Å². The Morgan fingerprint density at radius 1 is 1.11 bits per heavy atom. The molecule has 0 aromatic heterocycles. The van der Waals surface area contributed by atoms with E-state index in [9.17, 15) is 14.7 Å². The van der Waals surface area contributed by atoms with E-state index in [0.29, 0.717) is 13.0 Å². The molecule has 1 aliphatic rings. The molecule has 1 unspecified atom stereocenters. The number of aliphatic carboxylic acids is 1.